The van der Waals surface area contributed by atoms with Crippen molar-refractivity contribution >= 4 is 22.7 Å². The summed E-state index contributed by atoms with van der Waals surface area (Å²) in [6.45, 7) is 2.37. The summed E-state index contributed by atoms with van der Waals surface area (Å²) in [5, 5.41) is 3.38. The molecule has 3 N–H and O–H groups in total. The molecule has 1 aliphatic heterocycles. The molecule has 1 aromatic heterocycles. The van der Waals surface area contributed by atoms with Crippen molar-refractivity contribution in [3.63, 3.8) is 0 Å². The van der Waals surface area contributed by atoms with Gasteiger partial charge in [-0.2, -0.15) is 0 Å². The maximum absolute atomic E-state index is 12.0. The van der Waals surface area contributed by atoms with Crippen molar-refractivity contribution in [3.05, 3.63) is 41.1 Å². The van der Waals surface area contributed by atoms with Crippen molar-refractivity contribution in [1.29, 1.82) is 0 Å². The molecule has 108 valence electrons. The summed E-state index contributed by atoms with van der Waals surface area (Å²) in [4.78, 5) is 27.9. The van der Waals surface area contributed by atoms with Gasteiger partial charge in [0, 0.05) is 24.0 Å². The first kappa shape index (κ1) is 13.7. The highest BCUT2D eigenvalue weighted by Gasteiger charge is 2.29. The SMILES string of the molecule is Cc1nc2cc(CN)ccc2cc1C1CCC(=O)NC1=O. The van der Waals surface area contributed by atoms with Gasteiger partial charge in [0.05, 0.1) is 11.4 Å². The number of nitrogens with one attached hydrogen (secondary N) is 1. The minimum atomic E-state index is -0.297. The molecule has 5 heteroatoms. The molecule has 1 fully saturated rings. The van der Waals surface area contributed by atoms with Gasteiger partial charge in [0.25, 0.3) is 0 Å². The maximum Gasteiger partial charge on any atom is 0.234 e. The smallest absolute Gasteiger partial charge is 0.234 e. The molecule has 1 atom stereocenters. The highest BCUT2D eigenvalue weighted by atomic mass is 16.2. The molecule has 2 aromatic rings. The number of carbonyl (C=O) groups is 2. The van der Waals surface area contributed by atoms with Crippen molar-refractivity contribution in [1.82, 2.24) is 10.3 Å². The van der Waals surface area contributed by atoms with Crippen LogP contribution in [0.3, 0.4) is 0 Å². The summed E-state index contributed by atoms with van der Waals surface area (Å²) >= 11 is 0. The monoisotopic (exact) mass is 283 g/mol. The zero-order valence-corrected chi connectivity index (χ0v) is 11.8. The number of amides is 2. The number of rotatable bonds is 2. The molecular formula is C16H17N3O2. The van der Waals surface area contributed by atoms with Crippen LogP contribution in [0.5, 0.6) is 0 Å². The van der Waals surface area contributed by atoms with E-state index in [9.17, 15) is 9.59 Å². The third kappa shape index (κ3) is 2.52. The van der Waals surface area contributed by atoms with Crippen molar-refractivity contribution in [2.45, 2.75) is 32.2 Å². The summed E-state index contributed by atoms with van der Waals surface area (Å²) in [6, 6.07) is 7.90. The minimum Gasteiger partial charge on any atom is -0.326 e. The second kappa shape index (κ2) is 5.26. The number of nitrogens with two attached hydrogens (primary N) is 1. The number of hydrogen-bond acceptors (Lipinski definition) is 4. The topological polar surface area (TPSA) is 85.1 Å². The van der Waals surface area contributed by atoms with E-state index in [-0.39, 0.29) is 17.7 Å². The maximum atomic E-state index is 12.0. The highest BCUT2D eigenvalue weighted by Crippen LogP contribution is 2.29. The predicted octanol–water partition coefficient (Wildman–Crippen LogP) is 1.52. The van der Waals surface area contributed by atoms with Crippen LogP contribution in [0.4, 0.5) is 0 Å². The first-order valence-electron chi connectivity index (χ1n) is 7.02. The number of carbonyl (C=O) groups excluding carboxylic acids is 2. The number of nitrogens with zero attached hydrogens (tertiary/aromatic N) is 1. The first-order chi connectivity index (χ1) is 10.1. The molecule has 3 rings (SSSR count). The third-order valence-corrected chi connectivity index (χ3v) is 3.96. The van der Waals surface area contributed by atoms with E-state index in [0.29, 0.717) is 19.4 Å². The van der Waals surface area contributed by atoms with Crippen LogP contribution in [-0.2, 0) is 16.1 Å². The average Bonchev–Trinajstić information content (AvgIpc) is 2.46. The third-order valence-electron chi connectivity index (χ3n) is 3.96. The predicted molar refractivity (Wildman–Crippen MR) is 79.5 cm³/mol. The Morgan fingerprint density at radius 2 is 2.14 bits per heavy atom. The normalized spacial score (nSPS) is 18.9. The van der Waals surface area contributed by atoms with Crippen molar-refractivity contribution in [3.8, 4) is 0 Å². The number of pyridine rings is 1. The van der Waals surface area contributed by atoms with Gasteiger partial charge in [-0.05, 0) is 36.6 Å². The molecule has 2 amide bonds. The number of fused-ring (bicyclic) bond motifs is 1. The molecular weight excluding hydrogens is 266 g/mol. The molecule has 0 bridgehead atoms. The van der Waals surface area contributed by atoms with Gasteiger partial charge < -0.3 is 5.73 Å². The highest BCUT2D eigenvalue weighted by molar-refractivity contribution is 6.01. The molecule has 0 spiro atoms. The van der Waals surface area contributed by atoms with Crippen LogP contribution in [0.15, 0.2) is 24.3 Å². The second-order valence-electron chi connectivity index (χ2n) is 5.40. The lowest BCUT2D eigenvalue weighted by Crippen LogP contribution is -2.39. The Balaban J connectivity index is 2.05. The van der Waals surface area contributed by atoms with E-state index in [2.05, 4.69) is 10.3 Å². The van der Waals surface area contributed by atoms with Gasteiger partial charge in [-0.1, -0.05) is 12.1 Å². The quantitative estimate of drug-likeness (QED) is 0.818. The molecule has 0 saturated carbocycles. The number of aromatic nitrogens is 1. The van der Waals surface area contributed by atoms with Crippen LogP contribution in [0.1, 0.15) is 35.6 Å². The van der Waals surface area contributed by atoms with Gasteiger partial charge in [0.2, 0.25) is 11.8 Å². The lowest BCUT2D eigenvalue weighted by atomic mass is 9.89. The fourth-order valence-corrected chi connectivity index (χ4v) is 2.80. The number of aryl methyl sites for hydroxylation is 1. The van der Waals surface area contributed by atoms with E-state index in [1.54, 1.807) is 0 Å². The van der Waals surface area contributed by atoms with Crippen molar-refractivity contribution < 1.29 is 9.59 Å². The molecule has 2 heterocycles. The summed E-state index contributed by atoms with van der Waals surface area (Å²) in [5.74, 6) is -0.724. The summed E-state index contributed by atoms with van der Waals surface area (Å²) < 4.78 is 0. The fourth-order valence-electron chi connectivity index (χ4n) is 2.80. The molecule has 21 heavy (non-hydrogen) atoms. The van der Waals surface area contributed by atoms with Gasteiger partial charge in [0.15, 0.2) is 0 Å². The van der Waals surface area contributed by atoms with Gasteiger partial charge in [-0.25, -0.2) is 0 Å². The first-order valence-corrected chi connectivity index (χ1v) is 7.02. The Labute approximate surface area is 122 Å². The van der Waals surface area contributed by atoms with E-state index in [1.807, 2.05) is 31.2 Å². The van der Waals surface area contributed by atoms with Crippen molar-refractivity contribution in [2.24, 2.45) is 5.73 Å². The Bertz CT molecular complexity index is 740. The zero-order valence-electron chi connectivity index (χ0n) is 11.8. The molecule has 1 aromatic carbocycles. The molecule has 1 aliphatic rings. The van der Waals surface area contributed by atoms with E-state index in [4.69, 9.17) is 5.73 Å². The summed E-state index contributed by atoms with van der Waals surface area (Å²) in [5.41, 5.74) is 9.28. The zero-order chi connectivity index (χ0) is 15.0. The molecule has 0 aliphatic carbocycles. The van der Waals surface area contributed by atoms with Crippen LogP contribution in [0.25, 0.3) is 10.9 Å². The van der Waals surface area contributed by atoms with Gasteiger partial charge >= 0.3 is 0 Å². The number of benzene rings is 1. The molecule has 1 saturated heterocycles. The minimum absolute atomic E-state index is 0.199. The molecule has 5 nitrogen and oxygen atoms in total. The Morgan fingerprint density at radius 3 is 2.86 bits per heavy atom. The van der Waals surface area contributed by atoms with Crippen LogP contribution < -0.4 is 11.1 Å². The Kier molecular flexibility index (Phi) is 3.43. The van der Waals surface area contributed by atoms with Gasteiger partial charge in [-0.15, -0.1) is 0 Å². The average molecular weight is 283 g/mol. The second-order valence-corrected chi connectivity index (χ2v) is 5.40. The van der Waals surface area contributed by atoms with Gasteiger partial charge in [0.1, 0.15) is 0 Å². The summed E-state index contributed by atoms with van der Waals surface area (Å²) in [6.07, 6.45) is 0.916. The molecule has 1 unspecified atom stereocenters. The van der Waals surface area contributed by atoms with Crippen molar-refractivity contribution in [2.75, 3.05) is 0 Å². The van der Waals surface area contributed by atoms with Crippen LogP contribution in [-0.4, -0.2) is 16.8 Å². The number of imide groups is 1. The molecule has 0 radical (unpaired) electrons. The fraction of sp³-hybridized carbons (Fsp3) is 0.312. The lowest BCUT2D eigenvalue weighted by Gasteiger charge is -2.22. The lowest BCUT2D eigenvalue weighted by molar-refractivity contribution is -0.134. The van der Waals surface area contributed by atoms with E-state index < -0.39 is 0 Å². The van der Waals surface area contributed by atoms with E-state index in [0.717, 1.165) is 27.7 Å². The van der Waals surface area contributed by atoms with Gasteiger partial charge in [-0.3, -0.25) is 19.9 Å². The summed E-state index contributed by atoms with van der Waals surface area (Å²) in [7, 11) is 0. The van der Waals surface area contributed by atoms with E-state index in [1.165, 1.54) is 0 Å². The van der Waals surface area contributed by atoms with Crippen LogP contribution in [0.2, 0.25) is 0 Å². The Hall–Kier alpha value is -2.27. The van der Waals surface area contributed by atoms with E-state index >= 15 is 0 Å². The number of piperidine rings is 1. The van der Waals surface area contributed by atoms with Crippen LogP contribution >= 0.6 is 0 Å². The number of hydrogen-bond donors (Lipinski definition) is 2. The largest absolute Gasteiger partial charge is 0.326 e. The van der Waals surface area contributed by atoms with Crippen LogP contribution in [0, 0.1) is 6.92 Å². The Morgan fingerprint density at radius 1 is 1.33 bits per heavy atom. The standard InChI is InChI=1S/C16H17N3O2/c1-9-13(12-4-5-15(20)19-16(12)21)7-11-3-2-10(8-17)6-14(11)18-9/h2-3,6-7,12H,4-5,8,17H2,1H3,(H,19,20,21).